The normalized spacial score (nSPS) is 15.7. The van der Waals surface area contributed by atoms with Crippen molar-refractivity contribution in [1.82, 2.24) is 19.4 Å². The molecule has 0 spiro atoms. The second kappa shape index (κ2) is 8.80. The van der Waals surface area contributed by atoms with Gasteiger partial charge in [-0.15, -0.1) is 0 Å². The van der Waals surface area contributed by atoms with Gasteiger partial charge < -0.3 is 14.2 Å². The lowest BCUT2D eigenvalue weighted by atomic mass is 10.3. The number of amides is 1. The van der Waals surface area contributed by atoms with Gasteiger partial charge in [0.15, 0.2) is 11.6 Å². The Morgan fingerprint density at radius 3 is 2.85 bits per heavy atom. The van der Waals surface area contributed by atoms with Crippen LogP contribution in [0.4, 0.5) is 4.39 Å². The molecule has 1 aliphatic rings. The number of ether oxygens (including phenoxy) is 1. The molecule has 0 saturated carbocycles. The molecular weight excluding hydrogens is 335 g/mol. The van der Waals surface area contributed by atoms with Crippen molar-refractivity contribution in [2.45, 2.75) is 19.4 Å². The SMILES string of the molecule is Cn1ccnc1CN1CCCN(C(=O)CCOc2ccccc2F)CC1. The average molecular weight is 360 g/mol. The third-order valence-electron chi connectivity index (χ3n) is 4.64. The van der Waals surface area contributed by atoms with Crippen LogP contribution >= 0.6 is 0 Å². The minimum absolute atomic E-state index is 0.0557. The van der Waals surface area contributed by atoms with Crippen LogP contribution in [0.2, 0.25) is 0 Å². The smallest absolute Gasteiger partial charge is 0.226 e. The highest BCUT2D eigenvalue weighted by Gasteiger charge is 2.20. The lowest BCUT2D eigenvalue weighted by Gasteiger charge is -2.22. The number of aryl methyl sites for hydroxylation is 1. The Morgan fingerprint density at radius 2 is 2.08 bits per heavy atom. The number of nitrogens with zero attached hydrogens (tertiary/aromatic N) is 4. The molecular formula is C19H25FN4O2. The van der Waals surface area contributed by atoms with Gasteiger partial charge in [0, 0.05) is 45.6 Å². The van der Waals surface area contributed by atoms with Crippen LogP contribution in [-0.2, 0) is 18.4 Å². The van der Waals surface area contributed by atoms with Gasteiger partial charge in [-0.2, -0.15) is 0 Å². The number of halogens is 1. The maximum absolute atomic E-state index is 13.5. The van der Waals surface area contributed by atoms with Crippen molar-refractivity contribution < 1.29 is 13.9 Å². The minimum Gasteiger partial charge on any atom is -0.490 e. The minimum atomic E-state index is -0.403. The highest BCUT2D eigenvalue weighted by Crippen LogP contribution is 2.16. The van der Waals surface area contributed by atoms with E-state index < -0.39 is 5.82 Å². The van der Waals surface area contributed by atoms with Gasteiger partial charge in [0.05, 0.1) is 19.6 Å². The molecule has 2 heterocycles. The van der Waals surface area contributed by atoms with Gasteiger partial charge in [-0.1, -0.05) is 12.1 Å². The van der Waals surface area contributed by atoms with Crippen LogP contribution in [0.15, 0.2) is 36.7 Å². The Balaban J connectivity index is 1.44. The molecule has 7 heteroatoms. The van der Waals surface area contributed by atoms with Gasteiger partial charge >= 0.3 is 0 Å². The van der Waals surface area contributed by atoms with E-state index in [1.807, 2.05) is 22.7 Å². The predicted octanol–water partition coefficient (Wildman–Crippen LogP) is 2.06. The van der Waals surface area contributed by atoms with E-state index in [0.29, 0.717) is 6.54 Å². The molecule has 1 amide bonds. The number of benzene rings is 1. The van der Waals surface area contributed by atoms with Crippen LogP contribution < -0.4 is 4.74 Å². The quantitative estimate of drug-likeness (QED) is 0.791. The van der Waals surface area contributed by atoms with E-state index in [0.717, 1.165) is 38.4 Å². The van der Waals surface area contributed by atoms with Gasteiger partial charge in [-0.05, 0) is 18.6 Å². The summed E-state index contributed by atoms with van der Waals surface area (Å²) in [6, 6.07) is 6.25. The standard InChI is InChI=1S/C19H25FN4O2/c1-22-11-8-21-18(22)15-23-9-4-10-24(13-12-23)19(25)7-14-26-17-6-3-2-5-16(17)20/h2-3,5-6,8,11H,4,7,9-10,12-15H2,1H3. The van der Waals surface area contributed by atoms with Crippen molar-refractivity contribution in [3.8, 4) is 5.75 Å². The molecule has 0 unspecified atom stereocenters. The van der Waals surface area contributed by atoms with Crippen LogP contribution in [0.1, 0.15) is 18.7 Å². The van der Waals surface area contributed by atoms with Crippen LogP contribution in [0.25, 0.3) is 0 Å². The Morgan fingerprint density at radius 1 is 1.23 bits per heavy atom. The summed E-state index contributed by atoms with van der Waals surface area (Å²) >= 11 is 0. The molecule has 0 aliphatic carbocycles. The first-order valence-corrected chi connectivity index (χ1v) is 8.97. The Kier molecular flexibility index (Phi) is 6.22. The summed E-state index contributed by atoms with van der Waals surface area (Å²) in [6.45, 7) is 4.20. The molecule has 0 bridgehead atoms. The van der Waals surface area contributed by atoms with Crippen molar-refractivity contribution in [2.24, 2.45) is 7.05 Å². The summed E-state index contributed by atoms with van der Waals surface area (Å²) < 4.78 is 20.9. The van der Waals surface area contributed by atoms with Crippen LogP contribution in [0.3, 0.4) is 0 Å². The zero-order valence-corrected chi connectivity index (χ0v) is 15.1. The van der Waals surface area contributed by atoms with Gasteiger partial charge in [-0.25, -0.2) is 9.37 Å². The highest BCUT2D eigenvalue weighted by molar-refractivity contribution is 5.76. The number of carbonyl (C=O) groups excluding carboxylic acids is 1. The number of aromatic nitrogens is 2. The molecule has 1 fully saturated rings. The third-order valence-corrected chi connectivity index (χ3v) is 4.64. The first-order chi connectivity index (χ1) is 12.6. The molecule has 1 aliphatic heterocycles. The number of rotatable bonds is 6. The monoisotopic (exact) mass is 360 g/mol. The molecule has 1 aromatic heterocycles. The van der Waals surface area contributed by atoms with Crippen LogP contribution in [0, 0.1) is 5.82 Å². The van der Waals surface area contributed by atoms with Crippen molar-refractivity contribution in [1.29, 1.82) is 0 Å². The fraction of sp³-hybridized carbons (Fsp3) is 0.474. The van der Waals surface area contributed by atoms with Crippen molar-refractivity contribution in [3.63, 3.8) is 0 Å². The van der Waals surface area contributed by atoms with E-state index in [4.69, 9.17) is 4.74 Å². The molecule has 140 valence electrons. The molecule has 26 heavy (non-hydrogen) atoms. The Hall–Kier alpha value is -2.41. The second-order valence-electron chi connectivity index (χ2n) is 6.49. The topological polar surface area (TPSA) is 50.6 Å². The van der Waals surface area contributed by atoms with Gasteiger partial charge in [0.1, 0.15) is 5.82 Å². The summed E-state index contributed by atoms with van der Waals surface area (Å²) in [5.41, 5.74) is 0. The molecule has 0 N–H and O–H groups in total. The van der Waals surface area contributed by atoms with E-state index in [1.54, 1.807) is 24.4 Å². The molecule has 0 atom stereocenters. The fourth-order valence-corrected chi connectivity index (χ4v) is 3.10. The maximum Gasteiger partial charge on any atom is 0.226 e. The van der Waals surface area contributed by atoms with Crippen molar-refractivity contribution >= 4 is 5.91 Å². The van der Waals surface area contributed by atoms with Crippen LogP contribution in [-0.4, -0.2) is 58.0 Å². The zero-order chi connectivity index (χ0) is 18.4. The van der Waals surface area contributed by atoms with E-state index >= 15 is 0 Å². The predicted molar refractivity (Wildman–Crippen MR) is 96.2 cm³/mol. The molecule has 1 saturated heterocycles. The summed E-state index contributed by atoms with van der Waals surface area (Å²) in [7, 11) is 1.99. The molecule has 1 aromatic carbocycles. The molecule has 6 nitrogen and oxygen atoms in total. The Bertz CT molecular complexity index is 734. The van der Waals surface area contributed by atoms with E-state index in [1.165, 1.54) is 6.07 Å². The summed E-state index contributed by atoms with van der Waals surface area (Å²) in [5, 5.41) is 0. The lowest BCUT2D eigenvalue weighted by Crippen LogP contribution is -2.35. The number of hydrogen-bond acceptors (Lipinski definition) is 4. The molecule has 2 aromatic rings. The van der Waals surface area contributed by atoms with Gasteiger partial charge in [0.25, 0.3) is 0 Å². The Labute approximate surface area is 153 Å². The highest BCUT2D eigenvalue weighted by atomic mass is 19.1. The number of carbonyl (C=O) groups is 1. The summed E-state index contributed by atoms with van der Waals surface area (Å²) in [5.74, 6) is 0.875. The maximum atomic E-state index is 13.5. The van der Waals surface area contributed by atoms with Crippen molar-refractivity contribution in [3.05, 3.63) is 48.3 Å². The second-order valence-corrected chi connectivity index (χ2v) is 6.49. The largest absolute Gasteiger partial charge is 0.490 e. The van der Waals surface area contributed by atoms with Crippen molar-refractivity contribution in [2.75, 3.05) is 32.8 Å². The van der Waals surface area contributed by atoms with E-state index in [-0.39, 0.29) is 24.7 Å². The van der Waals surface area contributed by atoms with Gasteiger partial charge in [0.2, 0.25) is 5.91 Å². The van der Waals surface area contributed by atoms with Gasteiger partial charge in [-0.3, -0.25) is 9.69 Å². The molecule has 3 rings (SSSR count). The number of para-hydroxylation sites is 1. The molecule has 0 radical (unpaired) electrons. The fourth-order valence-electron chi connectivity index (χ4n) is 3.10. The summed E-state index contributed by atoms with van der Waals surface area (Å²) in [6.07, 6.45) is 4.94. The summed E-state index contributed by atoms with van der Waals surface area (Å²) in [4.78, 5) is 21.0. The van der Waals surface area contributed by atoms with E-state index in [9.17, 15) is 9.18 Å². The average Bonchev–Trinajstić information content (AvgIpc) is 2.89. The first-order valence-electron chi connectivity index (χ1n) is 8.97. The third kappa shape index (κ3) is 4.82. The number of hydrogen-bond donors (Lipinski definition) is 0. The lowest BCUT2D eigenvalue weighted by molar-refractivity contribution is -0.131. The zero-order valence-electron chi connectivity index (χ0n) is 15.1. The number of imidazole rings is 1. The van der Waals surface area contributed by atoms with E-state index in [2.05, 4.69) is 9.88 Å². The first kappa shape index (κ1) is 18.4. The van der Waals surface area contributed by atoms with Crippen LogP contribution in [0.5, 0.6) is 5.75 Å².